The molecule has 6 heteroatoms. The van der Waals surface area contributed by atoms with Crippen LogP contribution < -0.4 is 0 Å². The molecule has 0 aliphatic heterocycles. The molecule has 2 aromatic heterocycles. The van der Waals surface area contributed by atoms with Gasteiger partial charge in [-0.2, -0.15) is 0 Å². The van der Waals surface area contributed by atoms with Gasteiger partial charge in [0.15, 0.2) is 10.3 Å². The van der Waals surface area contributed by atoms with Gasteiger partial charge in [0.1, 0.15) is 0 Å². The first kappa shape index (κ1) is 17.5. The van der Waals surface area contributed by atoms with Crippen LogP contribution in [-0.2, 0) is 0 Å². The van der Waals surface area contributed by atoms with E-state index in [1.165, 1.54) is 24.8 Å². The third kappa shape index (κ3) is 4.24. The second-order valence-corrected chi connectivity index (χ2v) is 8.55. The summed E-state index contributed by atoms with van der Waals surface area (Å²) in [5, 5.41) is 2.06. The number of hydrogen-bond donors (Lipinski definition) is 2. The Morgan fingerprint density at radius 1 is 0.769 bits per heavy atom. The number of nitrogens with one attached hydrogen (secondary N) is 2. The van der Waals surface area contributed by atoms with Gasteiger partial charge in [0.2, 0.25) is 0 Å². The average Bonchev–Trinajstić information content (AvgIpc) is 3.23. The van der Waals surface area contributed by atoms with Crippen molar-refractivity contribution in [1.29, 1.82) is 0 Å². The van der Waals surface area contributed by atoms with Crippen LogP contribution in [0, 0.1) is 6.92 Å². The minimum atomic E-state index is 1.03. The van der Waals surface area contributed by atoms with Crippen molar-refractivity contribution in [2.24, 2.45) is 0 Å². The molecule has 0 atom stereocenters. The topological polar surface area (TPSA) is 57.4 Å². The number of unbranched alkanes of at least 4 members (excludes halogenated alkanes) is 2. The molecule has 26 heavy (non-hydrogen) atoms. The molecule has 0 aliphatic rings. The number of aromatic nitrogens is 4. The van der Waals surface area contributed by atoms with E-state index in [1.807, 2.05) is 41.7 Å². The smallest absolute Gasteiger partial charge is 0.166 e. The number of nitrogens with zero attached hydrogens (tertiary/aromatic N) is 2. The van der Waals surface area contributed by atoms with Crippen LogP contribution in [0.1, 0.15) is 24.8 Å². The lowest BCUT2D eigenvalue weighted by Crippen LogP contribution is -1.86. The summed E-state index contributed by atoms with van der Waals surface area (Å²) in [5.41, 5.74) is 5.62. The quantitative estimate of drug-likeness (QED) is 0.298. The monoisotopic (exact) mass is 382 g/mol. The number of fused-ring (bicyclic) bond motifs is 2. The summed E-state index contributed by atoms with van der Waals surface area (Å²) in [6, 6.07) is 14.5. The van der Waals surface area contributed by atoms with Crippen molar-refractivity contribution in [3.05, 3.63) is 48.0 Å². The summed E-state index contributed by atoms with van der Waals surface area (Å²) in [6.45, 7) is 2.11. The summed E-state index contributed by atoms with van der Waals surface area (Å²) in [5.74, 6) is 2.21. The Morgan fingerprint density at radius 2 is 1.42 bits per heavy atom. The second-order valence-electron chi connectivity index (χ2n) is 6.38. The Hall–Kier alpha value is -1.92. The minimum Gasteiger partial charge on any atom is -0.333 e. The van der Waals surface area contributed by atoms with Crippen molar-refractivity contribution in [3.63, 3.8) is 0 Å². The SMILES string of the molecule is Cc1ccc2nc(SCCCCCSc3nc4ccccc4[nH]3)[nH]c2c1. The third-order valence-corrected chi connectivity index (χ3v) is 6.17. The maximum Gasteiger partial charge on any atom is 0.166 e. The van der Waals surface area contributed by atoms with Crippen LogP contribution in [0.25, 0.3) is 22.1 Å². The Morgan fingerprint density at radius 3 is 2.15 bits per heavy atom. The van der Waals surface area contributed by atoms with E-state index < -0.39 is 0 Å². The molecule has 2 heterocycles. The number of hydrogen-bond acceptors (Lipinski definition) is 4. The van der Waals surface area contributed by atoms with Crippen LogP contribution in [0.2, 0.25) is 0 Å². The highest BCUT2D eigenvalue weighted by atomic mass is 32.2. The largest absolute Gasteiger partial charge is 0.333 e. The molecule has 2 N–H and O–H groups in total. The molecule has 4 rings (SSSR count). The number of rotatable bonds is 8. The van der Waals surface area contributed by atoms with Crippen molar-refractivity contribution >= 4 is 45.6 Å². The van der Waals surface area contributed by atoms with E-state index in [1.54, 1.807) is 0 Å². The molecule has 4 nitrogen and oxygen atoms in total. The lowest BCUT2D eigenvalue weighted by Gasteiger charge is -1.99. The fraction of sp³-hybridized carbons (Fsp3) is 0.300. The van der Waals surface area contributed by atoms with Crippen LogP contribution in [-0.4, -0.2) is 31.4 Å². The normalized spacial score (nSPS) is 11.6. The number of para-hydroxylation sites is 2. The molecule has 0 amide bonds. The lowest BCUT2D eigenvalue weighted by atomic mass is 10.2. The van der Waals surface area contributed by atoms with Crippen molar-refractivity contribution in [3.8, 4) is 0 Å². The van der Waals surface area contributed by atoms with Gasteiger partial charge in [-0.3, -0.25) is 0 Å². The first-order valence-electron chi connectivity index (χ1n) is 8.95. The molecule has 0 bridgehead atoms. The average molecular weight is 383 g/mol. The predicted octanol–water partition coefficient (Wildman–Crippen LogP) is 5.80. The Kier molecular flexibility index (Phi) is 5.51. The van der Waals surface area contributed by atoms with Crippen LogP contribution in [0.4, 0.5) is 0 Å². The molecule has 0 fully saturated rings. The molecule has 0 unspecified atom stereocenters. The van der Waals surface area contributed by atoms with Crippen LogP contribution in [0.3, 0.4) is 0 Å². The van der Waals surface area contributed by atoms with Crippen LogP contribution >= 0.6 is 23.5 Å². The molecule has 0 aliphatic carbocycles. The fourth-order valence-electron chi connectivity index (χ4n) is 2.88. The van der Waals surface area contributed by atoms with Gasteiger partial charge in [0.25, 0.3) is 0 Å². The first-order chi connectivity index (χ1) is 12.8. The van der Waals surface area contributed by atoms with E-state index in [0.29, 0.717) is 0 Å². The van der Waals surface area contributed by atoms with E-state index in [2.05, 4.69) is 51.1 Å². The van der Waals surface area contributed by atoms with Crippen molar-refractivity contribution in [2.45, 2.75) is 36.5 Å². The zero-order valence-electron chi connectivity index (χ0n) is 14.8. The second kappa shape index (κ2) is 8.18. The summed E-state index contributed by atoms with van der Waals surface area (Å²) in [7, 11) is 0. The van der Waals surface area contributed by atoms with Gasteiger partial charge in [0, 0.05) is 11.5 Å². The summed E-state index contributed by atoms with van der Waals surface area (Å²) in [4.78, 5) is 16.0. The van der Waals surface area contributed by atoms with Gasteiger partial charge in [-0.1, -0.05) is 48.1 Å². The minimum absolute atomic E-state index is 1.03. The zero-order valence-corrected chi connectivity index (χ0v) is 16.4. The Balaban J connectivity index is 1.16. The molecule has 4 aromatic rings. The third-order valence-electron chi connectivity index (χ3n) is 4.25. The number of H-pyrrole nitrogens is 2. The van der Waals surface area contributed by atoms with E-state index in [-0.39, 0.29) is 0 Å². The molecular formula is C20H22N4S2. The van der Waals surface area contributed by atoms with E-state index in [4.69, 9.17) is 0 Å². The number of thioether (sulfide) groups is 2. The standard InChI is InChI=1S/C20H22N4S2/c1-14-9-10-17-18(13-14)24-20(23-17)26-12-6-2-5-11-25-19-21-15-7-3-4-8-16(15)22-19/h3-4,7-10,13H,2,5-6,11-12H2,1H3,(H,21,22)(H,23,24). The number of benzene rings is 2. The summed E-state index contributed by atoms with van der Waals surface area (Å²) in [6.07, 6.45) is 3.66. The Bertz CT molecular complexity index is 972. The number of aromatic amines is 2. The fourth-order valence-corrected chi connectivity index (χ4v) is 4.66. The van der Waals surface area contributed by atoms with Crippen LogP contribution in [0.15, 0.2) is 52.8 Å². The van der Waals surface area contributed by atoms with Gasteiger partial charge in [-0.15, -0.1) is 0 Å². The molecule has 0 radical (unpaired) electrons. The maximum absolute atomic E-state index is 4.64. The zero-order chi connectivity index (χ0) is 17.8. The Labute approximate surface area is 161 Å². The highest BCUT2D eigenvalue weighted by molar-refractivity contribution is 7.99. The van der Waals surface area contributed by atoms with Crippen molar-refractivity contribution in [1.82, 2.24) is 19.9 Å². The summed E-state index contributed by atoms with van der Waals surface area (Å²) < 4.78 is 0. The number of aryl methyl sites for hydroxylation is 1. The van der Waals surface area contributed by atoms with E-state index in [0.717, 1.165) is 43.9 Å². The van der Waals surface area contributed by atoms with Gasteiger partial charge in [-0.25, -0.2) is 9.97 Å². The predicted molar refractivity (Wildman–Crippen MR) is 112 cm³/mol. The summed E-state index contributed by atoms with van der Waals surface area (Å²) >= 11 is 3.63. The number of imidazole rings is 2. The van der Waals surface area contributed by atoms with Crippen LogP contribution in [0.5, 0.6) is 0 Å². The first-order valence-corrected chi connectivity index (χ1v) is 10.9. The maximum atomic E-state index is 4.64. The molecular weight excluding hydrogens is 360 g/mol. The van der Waals surface area contributed by atoms with Gasteiger partial charge in [-0.05, 0) is 49.6 Å². The lowest BCUT2D eigenvalue weighted by molar-refractivity contribution is 0.783. The van der Waals surface area contributed by atoms with Gasteiger partial charge >= 0.3 is 0 Å². The molecule has 0 saturated heterocycles. The molecule has 0 spiro atoms. The van der Waals surface area contributed by atoms with E-state index >= 15 is 0 Å². The van der Waals surface area contributed by atoms with E-state index in [9.17, 15) is 0 Å². The highest BCUT2D eigenvalue weighted by Gasteiger charge is 2.04. The molecule has 0 saturated carbocycles. The van der Waals surface area contributed by atoms with Gasteiger partial charge < -0.3 is 9.97 Å². The van der Waals surface area contributed by atoms with Gasteiger partial charge in [0.05, 0.1) is 22.1 Å². The molecule has 2 aromatic carbocycles. The van der Waals surface area contributed by atoms with Crippen molar-refractivity contribution in [2.75, 3.05) is 11.5 Å². The molecule has 134 valence electrons. The highest BCUT2D eigenvalue weighted by Crippen LogP contribution is 2.23. The van der Waals surface area contributed by atoms with Crippen molar-refractivity contribution < 1.29 is 0 Å².